The van der Waals surface area contributed by atoms with Gasteiger partial charge in [0.25, 0.3) is 0 Å². The van der Waals surface area contributed by atoms with Gasteiger partial charge in [0.05, 0.1) is 11.1 Å². The molecule has 3 rings (SSSR count). The van der Waals surface area contributed by atoms with Crippen molar-refractivity contribution in [3.05, 3.63) is 69.2 Å². The fourth-order valence-electron chi connectivity index (χ4n) is 3.88. The molecule has 1 fully saturated rings. The molecule has 0 radical (unpaired) electrons. The number of aliphatic carboxylic acids is 2. The predicted octanol–water partition coefficient (Wildman–Crippen LogP) is 4.89. The third-order valence-corrected chi connectivity index (χ3v) is 5.85. The highest BCUT2D eigenvalue weighted by atomic mass is 35.5. The van der Waals surface area contributed by atoms with Gasteiger partial charge in [-0.05, 0) is 30.7 Å². The van der Waals surface area contributed by atoms with Crippen molar-refractivity contribution in [1.82, 2.24) is 5.32 Å². The largest absolute Gasteiger partial charge is 0.490 e. The SMILES string of the molecule is CC1NC(C(=O)O)C(c2cccc(Cl)c2F)C1(C#N)c1ccc(Cl)cc1F.O=C(O)C(F)(F)F. The van der Waals surface area contributed by atoms with E-state index in [1.807, 2.05) is 0 Å². The van der Waals surface area contributed by atoms with Gasteiger partial charge in [-0.2, -0.15) is 18.4 Å². The van der Waals surface area contributed by atoms with Crippen LogP contribution < -0.4 is 5.32 Å². The molecule has 13 heteroatoms. The molecule has 1 aliphatic rings. The number of nitrogens with one attached hydrogen (secondary N) is 1. The van der Waals surface area contributed by atoms with Gasteiger partial charge in [-0.15, -0.1) is 0 Å². The molecule has 0 bridgehead atoms. The van der Waals surface area contributed by atoms with Gasteiger partial charge in [0.2, 0.25) is 0 Å². The Morgan fingerprint density at radius 3 is 2.21 bits per heavy atom. The molecule has 0 saturated carbocycles. The van der Waals surface area contributed by atoms with Crippen molar-refractivity contribution in [1.29, 1.82) is 5.26 Å². The molecule has 3 N–H and O–H groups in total. The van der Waals surface area contributed by atoms with Gasteiger partial charge in [0.15, 0.2) is 0 Å². The Labute approximate surface area is 199 Å². The van der Waals surface area contributed by atoms with Gasteiger partial charge in [-0.25, -0.2) is 13.6 Å². The Balaban J connectivity index is 0.000000509. The summed E-state index contributed by atoms with van der Waals surface area (Å²) >= 11 is 11.7. The second-order valence-corrected chi connectivity index (χ2v) is 8.08. The van der Waals surface area contributed by atoms with E-state index < -0.39 is 53.2 Å². The number of hydrogen-bond acceptors (Lipinski definition) is 4. The Morgan fingerprint density at radius 2 is 1.74 bits per heavy atom. The lowest BCUT2D eigenvalue weighted by Gasteiger charge is -2.33. The number of alkyl halides is 3. The zero-order valence-electron chi connectivity index (χ0n) is 17.0. The van der Waals surface area contributed by atoms with E-state index in [1.165, 1.54) is 30.3 Å². The monoisotopic (exact) mass is 524 g/mol. The van der Waals surface area contributed by atoms with Crippen molar-refractivity contribution >= 4 is 35.1 Å². The summed E-state index contributed by atoms with van der Waals surface area (Å²) in [5.41, 5.74) is -1.81. The van der Waals surface area contributed by atoms with Crippen molar-refractivity contribution < 1.29 is 41.8 Å². The Bertz CT molecular complexity index is 1150. The zero-order valence-corrected chi connectivity index (χ0v) is 18.5. The molecule has 6 nitrogen and oxygen atoms in total. The summed E-state index contributed by atoms with van der Waals surface area (Å²) in [6.45, 7) is 1.57. The molecular weight excluding hydrogens is 510 g/mol. The summed E-state index contributed by atoms with van der Waals surface area (Å²) in [6.07, 6.45) is -5.08. The Hall–Kier alpha value is -2.94. The number of benzene rings is 2. The van der Waals surface area contributed by atoms with Crippen LogP contribution in [0, 0.1) is 23.0 Å². The predicted molar refractivity (Wildman–Crippen MR) is 111 cm³/mol. The summed E-state index contributed by atoms with van der Waals surface area (Å²) < 4.78 is 61.3. The van der Waals surface area contributed by atoms with E-state index in [-0.39, 0.29) is 21.2 Å². The maximum Gasteiger partial charge on any atom is 0.490 e. The van der Waals surface area contributed by atoms with Crippen LogP contribution >= 0.6 is 23.2 Å². The molecule has 1 saturated heterocycles. The van der Waals surface area contributed by atoms with Gasteiger partial charge in [0.1, 0.15) is 23.1 Å². The van der Waals surface area contributed by atoms with Crippen LogP contribution in [0.15, 0.2) is 36.4 Å². The van der Waals surface area contributed by atoms with Crippen LogP contribution in [0.1, 0.15) is 24.0 Å². The highest BCUT2D eigenvalue weighted by Gasteiger charge is 2.59. The molecule has 2 aromatic rings. The van der Waals surface area contributed by atoms with Gasteiger partial charge < -0.3 is 10.2 Å². The van der Waals surface area contributed by atoms with E-state index in [2.05, 4.69) is 11.4 Å². The number of hydrogen-bond donors (Lipinski definition) is 3. The highest BCUT2D eigenvalue weighted by Crippen LogP contribution is 2.50. The minimum Gasteiger partial charge on any atom is -0.480 e. The van der Waals surface area contributed by atoms with Crippen LogP contribution in [0.2, 0.25) is 10.0 Å². The molecular formula is C21H15Cl2F5N2O4. The molecule has 1 aliphatic heterocycles. The van der Waals surface area contributed by atoms with Crippen molar-refractivity contribution in [3.8, 4) is 6.07 Å². The Kier molecular flexibility index (Phi) is 8.14. The fraction of sp³-hybridized carbons (Fsp3) is 0.286. The van der Waals surface area contributed by atoms with E-state index in [4.69, 9.17) is 33.1 Å². The van der Waals surface area contributed by atoms with Crippen molar-refractivity contribution in [2.24, 2.45) is 0 Å². The van der Waals surface area contributed by atoms with E-state index in [0.717, 1.165) is 6.07 Å². The van der Waals surface area contributed by atoms with Gasteiger partial charge in [-0.3, -0.25) is 10.1 Å². The molecule has 182 valence electrons. The molecule has 34 heavy (non-hydrogen) atoms. The second kappa shape index (κ2) is 10.1. The lowest BCUT2D eigenvalue weighted by Crippen LogP contribution is -2.40. The normalized spacial score (nSPS) is 24.0. The number of carboxylic acid groups (broad SMARTS) is 2. The number of nitriles is 1. The van der Waals surface area contributed by atoms with Gasteiger partial charge in [-0.1, -0.05) is 41.4 Å². The maximum absolute atomic E-state index is 14.8. The maximum atomic E-state index is 14.8. The minimum atomic E-state index is -5.08. The van der Waals surface area contributed by atoms with Crippen LogP contribution in [0.5, 0.6) is 0 Å². The topological polar surface area (TPSA) is 110 Å². The lowest BCUT2D eigenvalue weighted by molar-refractivity contribution is -0.192. The van der Waals surface area contributed by atoms with Crippen molar-refractivity contribution in [2.75, 3.05) is 0 Å². The first-order valence-electron chi connectivity index (χ1n) is 9.28. The lowest BCUT2D eigenvalue weighted by atomic mass is 9.65. The molecule has 2 aromatic carbocycles. The molecule has 0 aromatic heterocycles. The number of rotatable bonds is 3. The third-order valence-electron chi connectivity index (χ3n) is 5.32. The second-order valence-electron chi connectivity index (χ2n) is 7.23. The summed E-state index contributed by atoms with van der Waals surface area (Å²) in [7, 11) is 0. The summed E-state index contributed by atoms with van der Waals surface area (Å²) in [5, 5.41) is 29.6. The Morgan fingerprint density at radius 1 is 1.15 bits per heavy atom. The average Bonchev–Trinajstić information content (AvgIpc) is 3.03. The number of carboxylic acids is 2. The van der Waals surface area contributed by atoms with Crippen LogP contribution in [0.3, 0.4) is 0 Å². The number of halogens is 7. The summed E-state index contributed by atoms with van der Waals surface area (Å²) in [6, 6.07) is 7.89. The minimum absolute atomic E-state index is 0.0532. The van der Waals surface area contributed by atoms with Crippen LogP contribution in [0.4, 0.5) is 22.0 Å². The van der Waals surface area contributed by atoms with E-state index in [0.29, 0.717) is 0 Å². The van der Waals surface area contributed by atoms with E-state index in [9.17, 15) is 37.1 Å². The van der Waals surface area contributed by atoms with Crippen LogP contribution in [0.25, 0.3) is 0 Å². The van der Waals surface area contributed by atoms with Crippen LogP contribution in [-0.4, -0.2) is 40.4 Å². The van der Waals surface area contributed by atoms with Gasteiger partial charge >= 0.3 is 18.1 Å². The zero-order chi connectivity index (χ0) is 26.0. The number of nitrogens with zero attached hydrogens (tertiary/aromatic N) is 1. The molecule has 0 spiro atoms. The standard InChI is InChI=1S/C19H14Cl2F2N2O2.C2HF3O2/c1-9-19(8-24,12-6-5-10(20)7-14(12)22)15(17(25-9)18(26)27)11-3-2-4-13(21)16(11)23;3-2(4,5)1(6)7/h2-7,9,15,17,25H,1H3,(H,26,27);(H,6,7). The fourth-order valence-corrected chi connectivity index (χ4v) is 4.22. The van der Waals surface area contributed by atoms with Crippen molar-refractivity contribution in [3.63, 3.8) is 0 Å². The van der Waals surface area contributed by atoms with Crippen molar-refractivity contribution in [2.45, 2.75) is 36.5 Å². The quantitative estimate of drug-likeness (QED) is 0.493. The summed E-state index contributed by atoms with van der Waals surface area (Å²) in [4.78, 5) is 20.8. The summed E-state index contributed by atoms with van der Waals surface area (Å²) in [5.74, 6) is -6.86. The first-order valence-corrected chi connectivity index (χ1v) is 10.0. The van der Waals surface area contributed by atoms with E-state index >= 15 is 0 Å². The smallest absolute Gasteiger partial charge is 0.480 e. The molecule has 0 aliphatic carbocycles. The molecule has 0 amide bonds. The highest BCUT2D eigenvalue weighted by molar-refractivity contribution is 6.31. The third kappa shape index (κ3) is 5.09. The molecule has 4 atom stereocenters. The number of carbonyl (C=O) groups is 2. The first kappa shape index (κ1) is 27.3. The van der Waals surface area contributed by atoms with E-state index in [1.54, 1.807) is 6.92 Å². The van der Waals surface area contributed by atoms with Crippen LogP contribution in [-0.2, 0) is 15.0 Å². The molecule has 1 heterocycles. The molecule has 4 unspecified atom stereocenters. The van der Waals surface area contributed by atoms with Gasteiger partial charge in [0, 0.05) is 22.5 Å². The first-order chi connectivity index (χ1) is 15.7. The average molecular weight is 525 g/mol.